The molecule has 0 amide bonds. The fourth-order valence-corrected chi connectivity index (χ4v) is 3.23. The Morgan fingerprint density at radius 3 is 2.26 bits per heavy atom. The lowest BCUT2D eigenvalue weighted by Gasteiger charge is -2.10. The second kappa shape index (κ2) is 7.65. The van der Waals surface area contributed by atoms with Gasteiger partial charge in [0.1, 0.15) is 0 Å². The van der Waals surface area contributed by atoms with E-state index in [0.717, 1.165) is 37.7 Å². The van der Waals surface area contributed by atoms with Gasteiger partial charge in [-0.1, -0.05) is 39.7 Å². The van der Waals surface area contributed by atoms with E-state index in [-0.39, 0.29) is 0 Å². The van der Waals surface area contributed by atoms with E-state index in [2.05, 4.69) is 25.5 Å². The monoisotopic (exact) mass is 283 g/mol. The largest absolute Gasteiger partial charge is 0.240 e. The summed E-state index contributed by atoms with van der Waals surface area (Å²) in [7, 11) is -3.35. The van der Waals surface area contributed by atoms with Crippen molar-refractivity contribution in [3.63, 3.8) is 0 Å². The fraction of sp³-hybridized carbons (Fsp3) is 0.600. The normalized spacial score (nSPS) is 11.7. The molecule has 0 heterocycles. The Morgan fingerprint density at radius 2 is 1.68 bits per heavy atom. The van der Waals surface area contributed by atoms with Crippen LogP contribution < -0.4 is 4.72 Å². The summed E-state index contributed by atoms with van der Waals surface area (Å²) in [5.41, 5.74) is 2.35. The minimum absolute atomic E-state index is 0.387. The van der Waals surface area contributed by atoms with Crippen LogP contribution in [0.25, 0.3) is 0 Å². The summed E-state index contributed by atoms with van der Waals surface area (Å²) in [6.45, 7) is 6.77. The number of hydrogen-bond donors (Lipinski definition) is 1. The summed E-state index contributed by atoms with van der Waals surface area (Å²) in [4.78, 5) is 0.387. The summed E-state index contributed by atoms with van der Waals surface area (Å²) < 4.78 is 27.0. The number of rotatable bonds is 8. The van der Waals surface area contributed by atoms with Gasteiger partial charge in [0.05, 0.1) is 4.90 Å². The van der Waals surface area contributed by atoms with E-state index < -0.39 is 10.0 Å². The van der Waals surface area contributed by atoms with Crippen molar-refractivity contribution in [1.29, 1.82) is 0 Å². The molecule has 0 spiro atoms. The quantitative estimate of drug-likeness (QED) is 0.744. The molecule has 0 atom stereocenters. The highest BCUT2D eigenvalue weighted by Crippen LogP contribution is 2.17. The molecule has 0 aliphatic carbocycles. The van der Waals surface area contributed by atoms with Gasteiger partial charge in [0, 0.05) is 6.54 Å². The van der Waals surface area contributed by atoms with Gasteiger partial charge < -0.3 is 0 Å². The summed E-state index contributed by atoms with van der Waals surface area (Å²) in [6.07, 6.45) is 4.84. The SMILES string of the molecule is CCCCCNS(=O)(=O)c1ccc(CC)c(CC)c1. The summed E-state index contributed by atoms with van der Waals surface area (Å²) in [5, 5.41) is 0. The van der Waals surface area contributed by atoms with Crippen LogP contribution in [0.1, 0.15) is 51.2 Å². The Bertz CT molecular complexity index is 495. The van der Waals surface area contributed by atoms with Crippen LogP contribution in [0.3, 0.4) is 0 Å². The Kier molecular flexibility index (Phi) is 6.52. The molecule has 0 radical (unpaired) electrons. The van der Waals surface area contributed by atoms with E-state index in [4.69, 9.17) is 0 Å². The van der Waals surface area contributed by atoms with Crippen molar-refractivity contribution in [2.24, 2.45) is 0 Å². The molecule has 0 bridgehead atoms. The lowest BCUT2D eigenvalue weighted by Crippen LogP contribution is -2.25. The number of hydrogen-bond acceptors (Lipinski definition) is 2. The first kappa shape index (κ1) is 16.2. The molecule has 1 N–H and O–H groups in total. The molecule has 19 heavy (non-hydrogen) atoms. The third-order valence-electron chi connectivity index (χ3n) is 3.32. The molecule has 0 aliphatic rings. The topological polar surface area (TPSA) is 46.2 Å². The van der Waals surface area contributed by atoms with Gasteiger partial charge in [0.25, 0.3) is 0 Å². The van der Waals surface area contributed by atoms with Crippen molar-refractivity contribution in [3.8, 4) is 0 Å². The van der Waals surface area contributed by atoms with Crippen LogP contribution in [0.5, 0.6) is 0 Å². The van der Waals surface area contributed by atoms with E-state index in [1.54, 1.807) is 12.1 Å². The van der Waals surface area contributed by atoms with Crippen LogP contribution in [0.15, 0.2) is 23.1 Å². The minimum Gasteiger partial charge on any atom is -0.211 e. The number of benzene rings is 1. The zero-order valence-electron chi connectivity index (χ0n) is 12.2. The maximum absolute atomic E-state index is 12.2. The molecule has 0 fully saturated rings. The number of sulfonamides is 1. The lowest BCUT2D eigenvalue weighted by atomic mass is 10.0. The Hall–Kier alpha value is -0.870. The first-order valence-corrected chi connectivity index (χ1v) is 8.64. The van der Waals surface area contributed by atoms with Crippen LogP contribution in [0.2, 0.25) is 0 Å². The van der Waals surface area contributed by atoms with Crippen molar-refractivity contribution >= 4 is 10.0 Å². The highest BCUT2D eigenvalue weighted by atomic mass is 32.2. The molecule has 1 rings (SSSR count). The second-order valence-electron chi connectivity index (χ2n) is 4.74. The van der Waals surface area contributed by atoms with Crippen molar-refractivity contribution in [1.82, 2.24) is 4.72 Å². The van der Waals surface area contributed by atoms with Crippen LogP contribution in [0.4, 0.5) is 0 Å². The third kappa shape index (κ3) is 4.62. The van der Waals surface area contributed by atoms with Crippen molar-refractivity contribution < 1.29 is 8.42 Å². The average molecular weight is 283 g/mol. The van der Waals surface area contributed by atoms with Crippen LogP contribution >= 0.6 is 0 Å². The molecular weight excluding hydrogens is 258 g/mol. The molecule has 0 saturated heterocycles. The third-order valence-corrected chi connectivity index (χ3v) is 4.78. The molecule has 1 aromatic rings. The Balaban J connectivity index is 2.83. The standard InChI is InChI=1S/C15H25NO2S/c1-4-7-8-11-16-19(17,18)15-10-9-13(5-2)14(6-3)12-15/h9-10,12,16H,4-8,11H2,1-3H3. The van der Waals surface area contributed by atoms with E-state index in [9.17, 15) is 8.42 Å². The van der Waals surface area contributed by atoms with Crippen LogP contribution in [0, 0.1) is 0 Å². The Morgan fingerprint density at radius 1 is 1.00 bits per heavy atom. The van der Waals surface area contributed by atoms with Gasteiger partial charge in [-0.3, -0.25) is 0 Å². The summed E-state index contributed by atoms with van der Waals surface area (Å²) >= 11 is 0. The molecular formula is C15H25NO2S. The highest BCUT2D eigenvalue weighted by molar-refractivity contribution is 7.89. The molecule has 0 aliphatic heterocycles. The molecule has 4 heteroatoms. The van der Waals surface area contributed by atoms with Gasteiger partial charge in [-0.25, -0.2) is 13.1 Å². The van der Waals surface area contributed by atoms with Crippen molar-refractivity contribution in [3.05, 3.63) is 29.3 Å². The van der Waals surface area contributed by atoms with E-state index in [1.165, 1.54) is 5.56 Å². The molecule has 3 nitrogen and oxygen atoms in total. The van der Waals surface area contributed by atoms with Gasteiger partial charge in [0.15, 0.2) is 0 Å². The van der Waals surface area contributed by atoms with E-state index >= 15 is 0 Å². The van der Waals surface area contributed by atoms with Gasteiger partial charge in [-0.15, -0.1) is 0 Å². The van der Waals surface area contributed by atoms with Gasteiger partial charge in [-0.05, 0) is 42.5 Å². The van der Waals surface area contributed by atoms with Crippen molar-refractivity contribution in [2.45, 2.75) is 57.8 Å². The summed E-state index contributed by atoms with van der Waals surface area (Å²) in [6, 6.07) is 5.45. The number of nitrogens with one attached hydrogen (secondary N) is 1. The van der Waals surface area contributed by atoms with Crippen molar-refractivity contribution in [2.75, 3.05) is 6.54 Å². The van der Waals surface area contributed by atoms with Gasteiger partial charge >= 0.3 is 0 Å². The fourth-order valence-electron chi connectivity index (χ4n) is 2.11. The molecule has 0 aromatic heterocycles. The zero-order valence-corrected chi connectivity index (χ0v) is 13.0. The van der Waals surface area contributed by atoms with E-state index in [1.807, 2.05) is 6.07 Å². The van der Waals surface area contributed by atoms with Gasteiger partial charge in [0.2, 0.25) is 10.0 Å². The van der Waals surface area contributed by atoms with E-state index in [0.29, 0.717) is 11.4 Å². The zero-order chi connectivity index (χ0) is 14.3. The van der Waals surface area contributed by atoms with Crippen LogP contribution in [-0.2, 0) is 22.9 Å². The molecule has 0 unspecified atom stereocenters. The molecule has 1 aromatic carbocycles. The first-order chi connectivity index (χ1) is 9.05. The first-order valence-electron chi connectivity index (χ1n) is 7.16. The van der Waals surface area contributed by atoms with Gasteiger partial charge in [-0.2, -0.15) is 0 Å². The highest BCUT2D eigenvalue weighted by Gasteiger charge is 2.14. The molecule has 0 saturated carbocycles. The maximum Gasteiger partial charge on any atom is 0.240 e. The predicted molar refractivity (Wildman–Crippen MR) is 79.9 cm³/mol. The smallest absolute Gasteiger partial charge is 0.211 e. The Labute approximate surface area is 117 Å². The summed E-state index contributed by atoms with van der Waals surface area (Å²) in [5.74, 6) is 0. The molecule has 108 valence electrons. The maximum atomic E-state index is 12.2. The van der Waals surface area contributed by atoms with Crippen LogP contribution in [-0.4, -0.2) is 15.0 Å². The minimum atomic E-state index is -3.35. The second-order valence-corrected chi connectivity index (χ2v) is 6.51. The number of aryl methyl sites for hydroxylation is 2. The predicted octanol–water partition coefficient (Wildman–Crippen LogP) is 3.28. The lowest BCUT2D eigenvalue weighted by molar-refractivity contribution is 0.576. The average Bonchev–Trinajstić information content (AvgIpc) is 2.42. The number of unbranched alkanes of at least 4 members (excludes halogenated alkanes) is 2.